The third kappa shape index (κ3) is 3.66. The Morgan fingerprint density at radius 1 is 1.47 bits per heavy atom. The number of urea groups is 1. The van der Waals surface area contributed by atoms with Gasteiger partial charge in [0.25, 0.3) is 5.91 Å². The van der Waals surface area contributed by atoms with E-state index < -0.39 is 23.6 Å². The molecule has 2 N–H and O–H groups in total. The van der Waals surface area contributed by atoms with Gasteiger partial charge in [0.05, 0.1) is 6.10 Å². The molecule has 0 aromatic rings. The number of hydrogen-bond donors (Lipinski definition) is 2. The number of hydrogen-bond acceptors (Lipinski definition) is 4. The van der Waals surface area contributed by atoms with Gasteiger partial charge in [-0.2, -0.15) is 0 Å². The van der Waals surface area contributed by atoms with Crippen LogP contribution in [0.2, 0.25) is 0 Å². The van der Waals surface area contributed by atoms with Gasteiger partial charge < -0.3 is 15.3 Å². The molecular formula is C12H21N3O4. The molecule has 1 atom stereocenters. The van der Waals surface area contributed by atoms with Crippen LogP contribution in [-0.4, -0.2) is 64.5 Å². The third-order valence-electron chi connectivity index (χ3n) is 3.05. The highest BCUT2D eigenvalue weighted by atomic mass is 16.3. The van der Waals surface area contributed by atoms with Gasteiger partial charge in [-0.1, -0.05) is 0 Å². The summed E-state index contributed by atoms with van der Waals surface area (Å²) in [5, 5.41) is 11.7. The van der Waals surface area contributed by atoms with Crippen LogP contribution in [0.5, 0.6) is 0 Å². The van der Waals surface area contributed by atoms with Crippen LogP contribution in [0.4, 0.5) is 4.79 Å². The summed E-state index contributed by atoms with van der Waals surface area (Å²) in [5.41, 5.74) is -0.963. The molecule has 19 heavy (non-hydrogen) atoms. The molecule has 1 saturated heterocycles. The van der Waals surface area contributed by atoms with Crippen molar-refractivity contribution in [3.63, 3.8) is 0 Å². The van der Waals surface area contributed by atoms with Gasteiger partial charge in [0.1, 0.15) is 12.1 Å². The van der Waals surface area contributed by atoms with Crippen molar-refractivity contribution in [2.24, 2.45) is 0 Å². The Balaban J connectivity index is 2.57. The maximum Gasteiger partial charge on any atom is 0.325 e. The van der Waals surface area contributed by atoms with Crippen LogP contribution in [0.3, 0.4) is 0 Å². The van der Waals surface area contributed by atoms with Crippen LogP contribution in [0, 0.1) is 0 Å². The molecule has 1 unspecified atom stereocenters. The molecule has 0 radical (unpaired) electrons. The quantitative estimate of drug-likeness (QED) is 0.662. The second kappa shape index (κ2) is 5.56. The number of carbonyl (C=O) groups excluding carboxylic acids is 3. The second-order valence-corrected chi connectivity index (χ2v) is 5.40. The number of aliphatic hydroxyl groups is 1. The molecule has 0 spiro atoms. The highest BCUT2D eigenvalue weighted by molar-refractivity contribution is 6.08. The zero-order chi connectivity index (χ0) is 14.8. The third-order valence-corrected chi connectivity index (χ3v) is 3.05. The predicted molar refractivity (Wildman–Crippen MR) is 68.3 cm³/mol. The Kier molecular flexibility index (Phi) is 4.52. The average Bonchev–Trinajstić information content (AvgIpc) is 2.48. The number of amides is 4. The monoisotopic (exact) mass is 271 g/mol. The SMILES string of the molecule is CC(O)CCN(C)C(=O)CN1C(=O)NC(C)(C)C1=O. The minimum absolute atomic E-state index is 0.273. The molecule has 1 heterocycles. The van der Waals surface area contributed by atoms with Gasteiger partial charge >= 0.3 is 6.03 Å². The van der Waals surface area contributed by atoms with Gasteiger partial charge in [-0.15, -0.1) is 0 Å². The largest absolute Gasteiger partial charge is 0.393 e. The highest BCUT2D eigenvalue weighted by Gasteiger charge is 2.45. The molecule has 0 bridgehead atoms. The Hall–Kier alpha value is -1.63. The van der Waals surface area contributed by atoms with E-state index in [4.69, 9.17) is 5.11 Å². The number of imide groups is 1. The fourth-order valence-corrected chi connectivity index (χ4v) is 1.72. The number of nitrogens with one attached hydrogen (secondary N) is 1. The van der Waals surface area contributed by atoms with Crippen LogP contribution in [0.25, 0.3) is 0 Å². The van der Waals surface area contributed by atoms with Crippen LogP contribution in [-0.2, 0) is 9.59 Å². The van der Waals surface area contributed by atoms with Crippen molar-refractivity contribution in [1.82, 2.24) is 15.1 Å². The lowest BCUT2D eigenvalue weighted by atomic mass is 10.1. The van der Waals surface area contributed by atoms with Crippen LogP contribution >= 0.6 is 0 Å². The van der Waals surface area contributed by atoms with E-state index in [1.807, 2.05) is 0 Å². The molecule has 1 aliphatic rings. The topological polar surface area (TPSA) is 89.9 Å². The van der Waals surface area contributed by atoms with E-state index in [9.17, 15) is 14.4 Å². The minimum Gasteiger partial charge on any atom is -0.393 e. The van der Waals surface area contributed by atoms with Crippen molar-refractivity contribution < 1.29 is 19.5 Å². The summed E-state index contributed by atoms with van der Waals surface area (Å²) in [6, 6.07) is -0.549. The van der Waals surface area contributed by atoms with E-state index in [-0.39, 0.29) is 12.5 Å². The van der Waals surface area contributed by atoms with Crippen molar-refractivity contribution in [3.05, 3.63) is 0 Å². The van der Waals surface area contributed by atoms with Crippen molar-refractivity contribution in [2.75, 3.05) is 20.1 Å². The molecule has 1 aliphatic heterocycles. The van der Waals surface area contributed by atoms with E-state index in [0.29, 0.717) is 13.0 Å². The van der Waals surface area contributed by atoms with Crippen molar-refractivity contribution >= 4 is 17.8 Å². The molecule has 1 rings (SSSR count). The molecule has 0 saturated carbocycles. The van der Waals surface area contributed by atoms with Gasteiger partial charge in [0, 0.05) is 13.6 Å². The van der Waals surface area contributed by atoms with E-state index >= 15 is 0 Å². The first-order chi connectivity index (χ1) is 8.65. The average molecular weight is 271 g/mol. The number of rotatable bonds is 5. The first-order valence-corrected chi connectivity index (χ1v) is 6.21. The van der Waals surface area contributed by atoms with Gasteiger partial charge in [0.15, 0.2) is 0 Å². The lowest BCUT2D eigenvalue weighted by Gasteiger charge is -2.21. The molecule has 0 aliphatic carbocycles. The number of aliphatic hydroxyl groups excluding tert-OH is 1. The van der Waals surface area contributed by atoms with Crippen molar-refractivity contribution in [2.45, 2.75) is 38.8 Å². The highest BCUT2D eigenvalue weighted by Crippen LogP contribution is 2.16. The lowest BCUT2D eigenvalue weighted by Crippen LogP contribution is -2.44. The van der Waals surface area contributed by atoms with Crippen LogP contribution in [0.1, 0.15) is 27.2 Å². The fourth-order valence-electron chi connectivity index (χ4n) is 1.72. The molecule has 0 aromatic carbocycles. The van der Waals surface area contributed by atoms with Gasteiger partial charge in [-0.05, 0) is 27.2 Å². The summed E-state index contributed by atoms with van der Waals surface area (Å²) in [7, 11) is 1.58. The van der Waals surface area contributed by atoms with E-state index in [2.05, 4.69) is 5.32 Å². The zero-order valence-corrected chi connectivity index (χ0v) is 11.8. The van der Waals surface area contributed by atoms with Crippen LogP contribution < -0.4 is 5.32 Å². The van der Waals surface area contributed by atoms with E-state index in [0.717, 1.165) is 4.90 Å². The van der Waals surface area contributed by atoms with Gasteiger partial charge in [0.2, 0.25) is 5.91 Å². The molecule has 7 heteroatoms. The van der Waals surface area contributed by atoms with Crippen molar-refractivity contribution in [1.29, 1.82) is 0 Å². The molecule has 7 nitrogen and oxygen atoms in total. The Morgan fingerprint density at radius 2 is 2.05 bits per heavy atom. The summed E-state index contributed by atoms with van der Waals surface area (Å²) >= 11 is 0. The normalized spacial score (nSPS) is 19.3. The Bertz CT molecular complexity index is 392. The molecule has 0 aromatic heterocycles. The fraction of sp³-hybridized carbons (Fsp3) is 0.750. The first kappa shape index (κ1) is 15.4. The van der Waals surface area contributed by atoms with Crippen molar-refractivity contribution in [3.8, 4) is 0 Å². The minimum atomic E-state index is -0.963. The summed E-state index contributed by atoms with van der Waals surface area (Å²) in [4.78, 5) is 37.7. The first-order valence-electron chi connectivity index (χ1n) is 6.21. The molecular weight excluding hydrogens is 250 g/mol. The summed E-state index contributed by atoms with van der Waals surface area (Å²) in [6.07, 6.45) is -0.0423. The maximum absolute atomic E-state index is 11.9. The maximum atomic E-state index is 11.9. The van der Waals surface area contributed by atoms with Gasteiger partial charge in [-0.25, -0.2) is 4.79 Å². The number of nitrogens with zero attached hydrogens (tertiary/aromatic N) is 2. The molecule has 4 amide bonds. The number of likely N-dealkylation sites (N-methyl/N-ethyl adjacent to an activating group) is 1. The second-order valence-electron chi connectivity index (χ2n) is 5.40. The Morgan fingerprint density at radius 3 is 2.47 bits per heavy atom. The van der Waals surface area contributed by atoms with Crippen LogP contribution in [0.15, 0.2) is 0 Å². The van der Waals surface area contributed by atoms with E-state index in [1.54, 1.807) is 27.8 Å². The summed E-state index contributed by atoms with van der Waals surface area (Å²) in [6.45, 7) is 4.93. The smallest absolute Gasteiger partial charge is 0.325 e. The molecule has 108 valence electrons. The van der Waals surface area contributed by atoms with E-state index in [1.165, 1.54) is 4.90 Å². The Labute approximate surface area is 112 Å². The zero-order valence-electron chi connectivity index (χ0n) is 11.8. The summed E-state index contributed by atoms with van der Waals surface area (Å²) < 4.78 is 0. The predicted octanol–water partition coefficient (Wildman–Crippen LogP) is -0.454. The lowest BCUT2D eigenvalue weighted by molar-refractivity contribution is -0.137. The molecule has 1 fully saturated rings. The standard InChI is InChI=1S/C12H21N3O4/c1-8(16)5-6-14(4)9(17)7-15-10(18)12(2,3)13-11(15)19/h8,16H,5-7H2,1-4H3,(H,13,19). The summed E-state index contributed by atoms with van der Waals surface area (Å²) in [5.74, 6) is -0.739. The van der Waals surface area contributed by atoms with Gasteiger partial charge in [-0.3, -0.25) is 14.5 Å². The number of carbonyl (C=O) groups is 3.